The second kappa shape index (κ2) is 6.88. The summed E-state index contributed by atoms with van der Waals surface area (Å²) in [6.07, 6.45) is 3.35. The van der Waals surface area contributed by atoms with Gasteiger partial charge in [-0.2, -0.15) is 5.26 Å². The highest BCUT2D eigenvalue weighted by Crippen LogP contribution is 2.18. The Labute approximate surface area is 99.8 Å². The van der Waals surface area contributed by atoms with Crippen LogP contribution in [0, 0.1) is 17.2 Å². The molecular weight excluding hydrogens is 198 g/mol. The van der Waals surface area contributed by atoms with Gasteiger partial charge < -0.3 is 5.32 Å². The van der Waals surface area contributed by atoms with E-state index in [0.717, 1.165) is 25.7 Å². The molecule has 0 radical (unpaired) electrons. The fourth-order valence-electron chi connectivity index (χ4n) is 1.87. The van der Waals surface area contributed by atoms with Crippen LogP contribution in [0.5, 0.6) is 0 Å². The van der Waals surface area contributed by atoms with E-state index in [9.17, 15) is 0 Å². The van der Waals surface area contributed by atoms with Crippen molar-refractivity contribution in [3.05, 3.63) is 0 Å². The Morgan fingerprint density at radius 3 is 2.56 bits per heavy atom. The van der Waals surface area contributed by atoms with Gasteiger partial charge in [-0.1, -0.05) is 6.92 Å². The average molecular weight is 223 g/mol. The van der Waals surface area contributed by atoms with Gasteiger partial charge in [0.15, 0.2) is 0 Å². The normalized spacial score (nSPS) is 17.8. The quantitative estimate of drug-likeness (QED) is 0.684. The number of hydrogen-bond acceptors (Lipinski definition) is 3. The van der Waals surface area contributed by atoms with Crippen molar-refractivity contribution in [2.45, 2.75) is 52.1 Å². The molecule has 0 aromatic carbocycles. The van der Waals surface area contributed by atoms with Crippen molar-refractivity contribution in [1.29, 1.82) is 5.26 Å². The van der Waals surface area contributed by atoms with Gasteiger partial charge in [-0.3, -0.25) is 4.90 Å². The molecule has 3 nitrogen and oxygen atoms in total. The molecule has 0 spiro atoms. The Balaban J connectivity index is 2.19. The molecule has 1 aliphatic rings. The summed E-state index contributed by atoms with van der Waals surface area (Å²) in [6.45, 7) is 9.81. The lowest BCUT2D eigenvalue weighted by Crippen LogP contribution is -2.38. The van der Waals surface area contributed by atoms with Crippen molar-refractivity contribution in [2.24, 2.45) is 5.92 Å². The van der Waals surface area contributed by atoms with E-state index in [1.807, 2.05) is 0 Å². The number of nitrogens with zero attached hydrogens (tertiary/aromatic N) is 2. The number of hydrogen-bond donors (Lipinski definition) is 1. The number of nitriles is 1. The minimum atomic E-state index is 0.539. The molecule has 1 unspecified atom stereocenters. The molecule has 0 amide bonds. The first kappa shape index (κ1) is 13.5. The van der Waals surface area contributed by atoms with Gasteiger partial charge in [-0.15, -0.1) is 0 Å². The Kier molecular flexibility index (Phi) is 5.79. The third kappa shape index (κ3) is 5.48. The van der Waals surface area contributed by atoms with E-state index in [-0.39, 0.29) is 0 Å². The first-order chi connectivity index (χ1) is 7.63. The predicted octanol–water partition coefficient (Wildman–Crippen LogP) is 2.00. The fraction of sp³-hybridized carbons (Fsp3) is 0.923. The summed E-state index contributed by atoms with van der Waals surface area (Å²) in [5.41, 5.74) is 0. The van der Waals surface area contributed by atoms with E-state index in [1.54, 1.807) is 0 Å². The molecule has 1 fully saturated rings. The summed E-state index contributed by atoms with van der Waals surface area (Å²) in [5, 5.41) is 12.2. The Morgan fingerprint density at radius 2 is 2.06 bits per heavy atom. The Morgan fingerprint density at radius 1 is 1.38 bits per heavy atom. The van der Waals surface area contributed by atoms with Crippen molar-refractivity contribution in [2.75, 3.05) is 19.6 Å². The van der Waals surface area contributed by atoms with Crippen molar-refractivity contribution in [3.63, 3.8) is 0 Å². The molecule has 0 heterocycles. The standard InChI is InChI=1S/C13H25N3/c1-11(2)16(8-4-7-14)10-12(3)9-15-13-5-6-13/h11-13,15H,4-6,8-10H2,1-3H3. The smallest absolute Gasteiger partial charge is 0.0635 e. The molecular formula is C13H25N3. The Hall–Kier alpha value is -0.590. The van der Waals surface area contributed by atoms with Crippen LogP contribution in [0.2, 0.25) is 0 Å². The van der Waals surface area contributed by atoms with Gasteiger partial charge >= 0.3 is 0 Å². The van der Waals surface area contributed by atoms with Crippen LogP contribution in [0.15, 0.2) is 0 Å². The lowest BCUT2D eigenvalue weighted by atomic mass is 10.1. The van der Waals surface area contributed by atoms with E-state index in [0.29, 0.717) is 18.4 Å². The van der Waals surface area contributed by atoms with E-state index < -0.39 is 0 Å². The largest absolute Gasteiger partial charge is 0.314 e. The summed E-state index contributed by atoms with van der Waals surface area (Å²) in [7, 11) is 0. The highest BCUT2D eigenvalue weighted by Gasteiger charge is 2.21. The lowest BCUT2D eigenvalue weighted by molar-refractivity contribution is 0.194. The number of nitrogens with one attached hydrogen (secondary N) is 1. The summed E-state index contributed by atoms with van der Waals surface area (Å²) >= 11 is 0. The van der Waals surface area contributed by atoms with Gasteiger partial charge in [0.05, 0.1) is 6.07 Å². The predicted molar refractivity (Wildman–Crippen MR) is 67.1 cm³/mol. The van der Waals surface area contributed by atoms with Crippen molar-refractivity contribution in [1.82, 2.24) is 10.2 Å². The molecule has 92 valence electrons. The molecule has 3 heteroatoms. The molecule has 1 saturated carbocycles. The van der Waals surface area contributed by atoms with Gasteiger partial charge in [-0.25, -0.2) is 0 Å². The van der Waals surface area contributed by atoms with Gasteiger partial charge in [0.25, 0.3) is 0 Å². The van der Waals surface area contributed by atoms with Crippen LogP contribution in [0.25, 0.3) is 0 Å². The van der Waals surface area contributed by atoms with Crippen LogP contribution in [0.4, 0.5) is 0 Å². The van der Waals surface area contributed by atoms with Crippen molar-refractivity contribution in [3.8, 4) is 6.07 Å². The molecule has 0 aromatic rings. The van der Waals surface area contributed by atoms with Crippen molar-refractivity contribution >= 4 is 0 Å². The van der Waals surface area contributed by atoms with E-state index in [1.165, 1.54) is 12.8 Å². The SMILES string of the molecule is CC(CNC1CC1)CN(CCC#N)C(C)C. The first-order valence-corrected chi connectivity index (χ1v) is 6.48. The molecule has 1 rings (SSSR count). The molecule has 0 saturated heterocycles. The van der Waals surface area contributed by atoms with Crippen LogP contribution in [-0.2, 0) is 0 Å². The van der Waals surface area contributed by atoms with Crippen LogP contribution >= 0.6 is 0 Å². The van der Waals surface area contributed by atoms with E-state index >= 15 is 0 Å². The third-order valence-corrected chi connectivity index (χ3v) is 3.12. The monoisotopic (exact) mass is 223 g/mol. The van der Waals surface area contributed by atoms with Gasteiger partial charge in [0, 0.05) is 31.6 Å². The van der Waals surface area contributed by atoms with E-state index in [2.05, 4.69) is 37.1 Å². The summed E-state index contributed by atoms with van der Waals surface area (Å²) in [5.74, 6) is 0.668. The topological polar surface area (TPSA) is 39.1 Å². The number of rotatable bonds is 8. The summed E-state index contributed by atoms with van der Waals surface area (Å²) in [6, 6.07) is 3.57. The first-order valence-electron chi connectivity index (χ1n) is 6.48. The van der Waals surface area contributed by atoms with Gasteiger partial charge in [0.1, 0.15) is 0 Å². The molecule has 1 atom stereocenters. The second-order valence-electron chi connectivity index (χ2n) is 5.28. The average Bonchev–Trinajstić information content (AvgIpc) is 3.04. The van der Waals surface area contributed by atoms with Crippen LogP contribution in [0.1, 0.15) is 40.0 Å². The van der Waals surface area contributed by atoms with Crippen LogP contribution in [0.3, 0.4) is 0 Å². The zero-order chi connectivity index (χ0) is 12.0. The lowest BCUT2D eigenvalue weighted by Gasteiger charge is -2.28. The molecule has 0 aromatic heterocycles. The zero-order valence-corrected chi connectivity index (χ0v) is 10.9. The minimum Gasteiger partial charge on any atom is -0.314 e. The zero-order valence-electron chi connectivity index (χ0n) is 10.9. The fourth-order valence-corrected chi connectivity index (χ4v) is 1.87. The molecule has 16 heavy (non-hydrogen) atoms. The van der Waals surface area contributed by atoms with Crippen molar-refractivity contribution < 1.29 is 0 Å². The maximum Gasteiger partial charge on any atom is 0.0635 e. The molecule has 0 bridgehead atoms. The second-order valence-corrected chi connectivity index (χ2v) is 5.28. The van der Waals surface area contributed by atoms with Crippen LogP contribution in [-0.4, -0.2) is 36.6 Å². The highest BCUT2D eigenvalue weighted by molar-refractivity contribution is 4.82. The molecule has 1 N–H and O–H groups in total. The Bertz CT molecular complexity index is 228. The maximum atomic E-state index is 8.63. The van der Waals surface area contributed by atoms with E-state index in [4.69, 9.17) is 5.26 Å². The third-order valence-electron chi connectivity index (χ3n) is 3.12. The molecule has 1 aliphatic carbocycles. The van der Waals surface area contributed by atoms with Gasteiger partial charge in [-0.05, 0) is 39.2 Å². The summed E-state index contributed by atoms with van der Waals surface area (Å²) < 4.78 is 0. The van der Waals surface area contributed by atoms with Crippen LogP contribution < -0.4 is 5.32 Å². The maximum absolute atomic E-state index is 8.63. The van der Waals surface area contributed by atoms with Gasteiger partial charge in [0.2, 0.25) is 0 Å². The highest BCUT2D eigenvalue weighted by atomic mass is 15.1. The minimum absolute atomic E-state index is 0.539. The summed E-state index contributed by atoms with van der Waals surface area (Å²) in [4.78, 5) is 2.41. The molecule has 0 aliphatic heterocycles.